The minimum atomic E-state index is -0.267. The van der Waals surface area contributed by atoms with Crippen molar-refractivity contribution in [3.8, 4) is 0 Å². The fourth-order valence-corrected chi connectivity index (χ4v) is 3.25. The summed E-state index contributed by atoms with van der Waals surface area (Å²) in [6, 6.07) is 7.46. The van der Waals surface area contributed by atoms with Crippen molar-refractivity contribution in [3.63, 3.8) is 0 Å². The van der Waals surface area contributed by atoms with E-state index in [4.69, 9.17) is 0 Å². The first kappa shape index (κ1) is 14.7. The zero-order chi connectivity index (χ0) is 15.7. The van der Waals surface area contributed by atoms with Crippen molar-refractivity contribution in [1.29, 1.82) is 0 Å². The molecule has 2 atom stereocenters. The number of benzene rings is 1. The molecule has 1 aromatic heterocycles. The number of hydrogen-bond donors (Lipinski definition) is 0. The number of fused-ring (bicyclic) bond motifs is 1. The molecule has 1 aromatic carbocycles. The number of carbonyl (C=O) groups is 1. The van der Waals surface area contributed by atoms with E-state index in [9.17, 15) is 9.59 Å². The van der Waals surface area contributed by atoms with Gasteiger partial charge in [-0.2, -0.15) is 0 Å². The van der Waals surface area contributed by atoms with Gasteiger partial charge in [0.15, 0.2) is 0 Å². The molecular weight excluding hydrogens is 280 g/mol. The molecule has 1 saturated heterocycles. The summed E-state index contributed by atoms with van der Waals surface area (Å²) >= 11 is 0. The van der Waals surface area contributed by atoms with E-state index in [1.54, 1.807) is 18.2 Å². The van der Waals surface area contributed by atoms with E-state index in [0.29, 0.717) is 10.9 Å². The van der Waals surface area contributed by atoms with Gasteiger partial charge in [-0.05, 0) is 45.2 Å². The summed E-state index contributed by atoms with van der Waals surface area (Å²) in [5, 5.41) is 8.41. The summed E-state index contributed by atoms with van der Waals surface area (Å²) in [4.78, 5) is 26.9. The maximum absolute atomic E-state index is 12.6. The predicted molar refractivity (Wildman–Crippen MR) is 83.4 cm³/mol. The standard InChI is InChI=1S/C16H20N4O2/c1-11-6-5-7-12(2)20(11)15(21)10-19-16(22)13-8-3-4-9-14(13)17-18-19/h3-4,8-9,11-12H,5-7,10H2,1-2H3. The Morgan fingerprint density at radius 1 is 1.23 bits per heavy atom. The minimum absolute atomic E-state index is 0.0503. The average molecular weight is 300 g/mol. The van der Waals surface area contributed by atoms with E-state index in [1.165, 1.54) is 4.68 Å². The van der Waals surface area contributed by atoms with Crippen LogP contribution in [0.3, 0.4) is 0 Å². The molecule has 6 nitrogen and oxygen atoms in total. The van der Waals surface area contributed by atoms with Crippen LogP contribution in [0, 0.1) is 0 Å². The number of hydrogen-bond acceptors (Lipinski definition) is 4. The Morgan fingerprint density at radius 3 is 2.64 bits per heavy atom. The zero-order valence-corrected chi connectivity index (χ0v) is 12.9. The van der Waals surface area contributed by atoms with Gasteiger partial charge in [-0.25, -0.2) is 4.68 Å². The molecule has 0 bridgehead atoms. The molecule has 2 aromatic rings. The van der Waals surface area contributed by atoms with Crippen LogP contribution in [-0.4, -0.2) is 37.9 Å². The van der Waals surface area contributed by atoms with Crippen molar-refractivity contribution in [2.24, 2.45) is 0 Å². The maximum atomic E-state index is 12.6. The molecule has 2 unspecified atom stereocenters. The lowest BCUT2D eigenvalue weighted by atomic mass is 9.97. The third-order valence-corrected chi connectivity index (χ3v) is 4.40. The Morgan fingerprint density at radius 2 is 1.91 bits per heavy atom. The number of likely N-dealkylation sites (tertiary alicyclic amines) is 1. The number of nitrogens with zero attached hydrogens (tertiary/aromatic N) is 4. The Bertz CT molecular complexity index is 745. The van der Waals surface area contributed by atoms with E-state index in [2.05, 4.69) is 24.2 Å². The quantitative estimate of drug-likeness (QED) is 0.844. The Balaban J connectivity index is 1.88. The van der Waals surface area contributed by atoms with Gasteiger partial charge in [0.2, 0.25) is 5.91 Å². The summed E-state index contributed by atoms with van der Waals surface area (Å²) in [6.45, 7) is 4.07. The molecular formula is C16H20N4O2. The van der Waals surface area contributed by atoms with E-state index < -0.39 is 0 Å². The summed E-state index contributed by atoms with van der Waals surface area (Å²) in [7, 11) is 0. The molecule has 22 heavy (non-hydrogen) atoms. The highest BCUT2D eigenvalue weighted by Gasteiger charge is 2.29. The number of aromatic nitrogens is 3. The van der Waals surface area contributed by atoms with E-state index in [1.807, 2.05) is 11.0 Å². The third kappa shape index (κ3) is 2.61. The van der Waals surface area contributed by atoms with Crippen LogP contribution in [0.5, 0.6) is 0 Å². The molecule has 1 aliphatic rings. The highest BCUT2D eigenvalue weighted by atomic mass is 16.2. The largest absolute Gasteiger partial charge is 0.336 e. The van der Waals surface area contributed by atoms with Crippen molar-refractivity contribution in [2.75, 3.05) is 0 Å². The van der Waals surface area contributed by atoms with Crippen LogP contribution in [0.25, 0.3) is 10.9 Å². The summed E-state index contributed by atoms with van der Waals surface area (Å²) in [5.41, 5.74) is 0.284. The Labute approximate surface area is 128 Å². The lowest BCUT2D eigenvalue weighted by Crippen LogP contribution is -2.49. The fourth-order valence-electron chi connectivity index (χ4n) is 3.25. The van der Waals surface area contributed by atoms with Gasteiger partial charge in [0, 0.05) is 12.1 Å². The molecule has 6 heteroatoms. The molecule has 1 amide bonds. The molecule has 0 N–H and O–H groups in total. The molecule has 3 rings (SSSR count). The van der Waals surface area contributed by atoms with Crippen molar-refractivity contribution < 1.29 is 4.79 Å². The first-order valence-corrected chi connectivity index (χ1v) is 7.71. The van der Waals surface area contributed by atoms with Gasteiger partial charge in [0.05, 0.1) is 5.39 Å². The SMILES string of the molecule is CC1CCCC(C)N1C(=O)Cn1nnc2ccccc2c1=O. The molecule has 2 heterocycles. The normalized spacial score (nSPS) is 22.0. The summed E-state index contributed by atoms with van der Waals surface area (Å²) in [6.07, 6.45) is 3.16. The van der Waals surface area contributed by atoms with Gasteiger partial charge in [-0.1, -0.05) is 17.3 Å². The topological polar surface area (TPSA) is 68.1 Å². The maximum Gasteiger partial charge on any atom is 0.278 e. The first-order valence-electron chi connectivity index (χ1n) is 7.71. The van der Waals surface area contributed by atoms with Crippen molar-refractivity contribution in [2.45, 2.75) is 51.7 Å². The molecule has 0 saturated carbocycles. The molecule has 116 valence electrons. The first-order chi connectivity index (χ1) is 10.6. The number of amides is 1. The fraction of sp³-hybridized carbons (Fsp3) is 0.500. The van der Waals surface area contributed by atoms with E-state index in [0.717, 1.165) is 19.3 Å². The number of rotatable bonds is 2. The van der Waals surface area contributed by atoms with Crippen LogP contribution < -0.4 is 5.56 Å². The van der Waals surface area contributed by atoms with Gasteiger partial charge in [0.25, 0.3) is 5.56 Å². The molecule has 0 radical (unpaired) electrons. The second kappa shape index (κ2) is 5.87. The minimum Gasteiger partial charge on any atom is -0.336 e. The number of carbonyl (C=O) groups excluding carboxylic acids is 1. The van der Waals surface area contributed by atoms with Crippen molar-refractivity contribution in [3.05, 3.63) is 34.6 Å². The smallest absolute Gasteiger partial charge is 0.278 e. The van der Waals surface area contributed by atoms with Crippen LogP contribution >= 0.6 is 0 Å². The third-order valence-electron chi connectivity index (χ3n) is 4.40. The molecule has 1 aliphatic heterocycles. The summed E-state index contributed by atoms with van der Waals surface area (Å²) < 4.78 is 1.17. The van der Waals surface area contributed by atoms with Crippen molar-refractivity contribution in [1.82, 2.24) is 19.9 Å². The second-order valence-electron chi connectivity index (χ2n) is 6.00. The van der Waals surface area contributed by atoms with Gasteiger partial charge in [-0.3, -0.25) is 9.59 Å². The van der Waals surface area contributed by atoms with E-state index >= 15 is 0 Å². The highest BCUT2D eigenvalue weighted by Crippen LogP contribution is 2.22. The molecule has 0 aliphatic carbocycles. The second-order valence-corrected chi connectivity index (χ2v) is 6.00. The van der Waals surface area contributed by atoms with Gasteiger partial charge in [-0.15, -0.1) is 5.10 Å². The van der Waals surface area contributed by atoms with Gasteiger partial charge < -0.3 is 4.90 Å². The monoisotopic (exact) mass is 300 g/mol. The lowest BCUT2D eigenvalue weighted by molar-refractivity contribution is -0.138. The van der Waals surface area contributed by atoms with Crippen LogP contribution in [0.1, 0.15) is 33.1 Å². The van der Waals surface area contributed by atoms with E-state index in [-0.39, 0.29) is 30.1 Å². The average Bonchev–Trinajstić information content (AvgIpc) is 2.50. The Hall–Kier alpha value is -2.24. The zero-order valence-electron chi connectivity index (χ0n) is 12.9. The van der Waals surface area contributed by atoms with Crippen molar-refractivity contribution >= 4 is 16.8 Å². The van der Waals surface area contributed by atoms with Crippen LogP contribution in [-0.2, 0) is 11.3 Å². The highest BCUT2D eigenvalue weighted by molar-refractivity contribution is 5.78. The number of piperidine rings is 1. The molecule has 0 spiro atoms. The van der Waals surface area contributed by atoms with Crippen LogP contribution in [0.2, 0.25) is 0 Å². The van der Waals surface area contributed by atoms with Gasteiger partial charge in [0.1, 0.15) is 12.1 Å². The predicted octanol–water partition coefficient (Wildman–Crippen LogP) is 1.58. The van der Waals surface area contributed by atoms with Gasteiger partial charge >= 0.3 is 0 Å². The molecule has 1 fully saturated rings. The lowest BCUT2D eigenvalue weighted by Gasteiger charge is -2.39. The van der Waals surface area contributed by atoms with Crippen LogP contribution in [0.4, 0.5) is 0 Å². The Kier molecular flexibility index (Phi) is 3.92. The summed E-state index contributed by atoms with van der Waals surface area (Å²) in [5.74, 6) is -0.0635. The van der Waals surface area contributed by atoms with Crippen LogP contribution in [0.15, 0.2) is 29.1 Å².